The number of thioether (sulfide) groups is 1. The van der Waals surface area contributed by atoms with Gasteiger partial charge in [0.15, 0.2) is 5.16 Å². The fourth-order valence-corrected chi connectivity index (χ4v) is 5.43. The highest BCUT2D eigenvalue weighted by molar-refractivity contribution is 7.99. The summed E-state index contributed by atoms with van der Waals surface area (Å²) in [5.74, 6) is 0.163. The predicted octanol–water partition coefficient (Wildman–Crippen LogP) is 2.26. The molecule has 2 aliphatic heterocycles. The first-order chi connectivity index (χ1) is 14.9. The second-order valence-corrected chi connectivity index (χ2v) is 9.47. The lowest BCUT2D eigenvalue weighted by Gasteiger charge is -2.38. The second-order valence-electron chi connectivity index (χ2n) is 8.12. The largest absolute Gasteiger partial charge is 0.368 e. The molecule has 1 aromatic heterocycles. The molecule has 4 rings (SSSR count). The average Bonchev–Trinajstić information content (AvgIpc) is 3.44. The molecule has 2 fully saturated rings. The monoisotopic (exact) mass is 462 g/mol. The number of amides is 2. The van der Waals surface area contributed by atoms with Crippen LogP contribution < -0.4 is 5.73 Å². The van der Waals surface area contributed by atoms with Crippen molar-refractivity contribution in [3.05, 3.63) is 35.1 Å². The van der Waals surface area contributed by atoms with Crippen molar-refractivity contribution in [2.24, 2.45) is 5.73 Å². The lowest BCUT2D eigenvalue weighted by atomic mass is 10.0. The van der Waals surface area contributed by atoms with Crippen LogP contribution in [0.15, 0.2) is 29.7 Å². The number of carbonyl (C=O) groups is 2. The van der Waals surface area contributed by atoms with E-state index in [1.807, 2.05) is 34.6 Å². The minimum atomic E-state index is -0.230. The van der Waals surface area contributed by atoms with E-state index < -0.39 is 0 Å². The molecule has 2 aliphatic rings. The van der Waals surface area contributed by atoms with Gasteiger partial charge in [0.05, 0.1) is 17.5 Å². The fraction of sp³-hybridized carbons (Fsp3) is 0.524. The molecule has 2 aromatic rings. The van der Waals surface area contributed by atoms with Crippen molar-refractivity contribution in [2.75, 3.05) is 25.4 Å². The summed E-state index contributed by atoms with van der Waals surface area (Å²) in [7, 11) is 0. The van der Waals surface area contributed by atoms with Crippen molar-refractivity contribution in [1.82, 2.24) is 24.6 Å². The quantitative estimate of drug-likeness (QED) is 0.661. The molecule has 31 heavy (non-hydrogen) atoms. The number of halogens is 1. The van der Waals surface area contributed by atoms with Crippen molar-refractivity contribution in [3.63, 3.8) is 0 Å². The lowest BCUT2D eigenvalue weighted by Crippen LogP contribution is -2.51. The van der Waals surface area contributed by atoms with Crippen LogP contribution in [0.5, 0.6) is 0 Å². The van der Waals surface area contributed by atoms with Crippen LogP contribution in [0.2, 0.25) is 5.02 Å². The summed E-state index contributed by atoms with van der Waals surface area (Å²) >= 11 is 7.62. The second kappa shape index (κ2) is 9.58. The van der Waals surface area contributed by atoms with Crippen LogP contribution in [0.3, 0.4) is 0 Å². The van der Waals surface area contributed by atoms with Gasteiger partial charge in [0.25, 0.3) is 0 Å². The molecule has 0 spiro atoms. The van der Waals surface area contributed by atoms with Crippen molar-refractivity contribution in [3.8, 4) is 5.69 Å². The summed E-state index contributed by atoms with van der Waals surface area (Å²) in [6, 6.07) is 5.95. The molecule has 0 radical (unpaired) electrons. The first-order valence-corrected chi connectivity index (χ1v) is 11.9. The molecule has 2 amide bonds. The van der Waals surface area contributed by atoms with Crippen molar-refractivity contribution in [2.45, 2.75) is 49.8 Å². The van der Waals surface area contributed by atoms with E-state index in [0.717, 1.165) is 43.5 Å². The smallest absolute Gasteiger partial charge is 0.234 e. The molecular weight excluding hydrogens is 436 g/mol. The number of primary amides is 1. The van der Waals surface area contributed by atoms with Crippen LogP contribution in [-0.4, -0.2) is 73.8 Å². The number of aromatic nitrogens is 3. The van der Waals surface area contributed by atoms with Crippen LogP contribution in [0, 0.1) is 6.92 Å². The Morgan fingerprint density at radius 1 is 1.23 bits per heavy atom. The SMILES string of the molecule is Cc1ccc(-n2cnnc2SCC(=O)N2CCC(N3CCCC3C(N)=O)CC2)cc1Cl. The van der Waals surface area contributed by atoms with E-state index in [4.69, 9.17) is 17.3 Å². The number of rotatable bonds is 6. The number of benzene rings is 1. The molecule has 8 nitrogen and oxygen atoms in total. The first kappa shape index (κ1) is 22.1. The summed E-state index contributed by atoms with van der Waals surface area (Å²) < 4.78 is 1.84. The van der Waals surface area contributed by atoms with Crippen molar-refractivity contribution < 1.29 is 9.59 Å². The normalized spacial score (nSPS) is 20.3. The summed E-state index contributed by atoms with van der Waals surface area (Å²) in [6.45, 7) is 4.27. The zero-order chi connectivity index (χ0) is 22.0. The molecule has 10 heteroatoms. The van der Waals surface area contributed by atoms with Gasteiger partial charge < -0.3 is 10.6 Å². The Bertz CT molecular complexity index is 959. The van der Waals surface area contributed by atoms with Crippen LogP contribution in [0.4, 0.5) is 0 Å². The van der Waals surface area contributed by atoms with Gasteiger partial charge in [-0.1, -0.05) is 29.4 Å². The van der Waals surface area contributed by atoms with E-state index >= 15 is 0 Å². The van der Waals surface area contributed by atoms with Crippen molar-refractivity contribution in [1.29, 1.82) is 0 Å². The van der Waals surface area contributed by atoms with E-state index in [9.17, 15) is 9.59 Å². The lowest BCUT2D eigenvalue weighted by molar-refractivity contribution is -0.131. The number of piperidine rings is 1. The third-order valence-corrected chi connectivity index (χ3v) is 7.52. The van der Waals surface area contributed by atoms with Gasteiger partial charge in [0, 0.05) is 24.2 Å². The Hall–Kier alpha value is -2.10. The van der Waals surface area contributed by atoms with E-state index in [1.54, 1.807) is 6.33 Å². The van der Waals surface area contributed by atoms with E-state index in [-0.39, 0.29) is 17.9 Å². The molecule has 1 atom stereocenters. The minimum absolute atomic E-state index is 0.0906. The molecule has 1 unspecified atom stereocenters. The topological polar surface area (TPSA) is 97.3 Å². The Labute approximate surface area is 191 Å². The van der Waals surface area contributed by atoms with Crippen molar-refractivity contribution >= 4 is 35.2 Å². The molecule has 0 aliphatic carbocycles. The zero-order valence-corrected chi connectivity index (χ0v) is 19.1. The van der Waals surface area contributed by atoms with Gasteiger partial charge in [-0.25, -0.2) is 0 Å². The van der Waals surface area contributed by atoms with E-state index in [2.05, 4.69) is 15.1 Å². The molecule has 2 N–H and O–H groups in total. The van der Waals surface area contributed by atoms with E-state index in [1.165, 1.54) is 11.8 Å². The number of aryl methyl sites for hydroxylation is 1. The summed E-state index contributed by atoms with van der Waals surface area (Å²) in [6.07, 6.45) is 5.23. The van der Waals surface area contributed by atoms with Gasteiger partial charge >= 0.3 is 0 Å². The molecule has 3 heterocycles. The number of nitrogens with two attached hydrogens (primary N) is 1. The minimum Gasteiger partial charge on any atom is -0.368 e. The molecule has 166 valence electrons. The predicted molar refractivity (Wildman–Crippen MR) is 120 cm³/mol. The molecule has 0 saturated carbocycles. The third-order valence-electron chi connectivity index (χ3n) is 6.18. The van der Waals surface area contributed by atoms with Gasteiger partial charge in [0.1, 0.15) is 6.33 Å². The van der Waals surface area contributed by atoms with Crippen LogP contribution in [0.1, 0.15) is 31.2 Å². The van der Waals surface area contributed by atoms with Gasteiger partial charge in [-0.05, 0) is 56.8 Å². The Morgan fingerprint density at radius 3 is 2.71 bits per heavy atom. The average molecular weight is 463 g/mol. The van der Waals surface area contributed by atoms with Gasteiger partial charge in [0.2, 0.25) is 11.8 Å². The zero-order valence-electron chi connectivity index (χ0n) is 17.5. The maximum Gasteiger partial charge on any atom is 0.234 e. The highest BCUT2D eigenvalue weighted by atomic mass is 35.5. The third kappa shape index (κ3) is 4.88. The van der Waals surface area contributed by atoms with Crippen LogP contribution in [-0.2, 0) is 9.59 Å². The Morgan fingerprint density at radius 2 is 2.00 bits per heavy atom. The Balaban J connectivity index is 1.31. The maximum atomic E-state index is 12.8. The maximum absolute atomic E-state index is 12.8. The highest BCUT2D eigenvalue weighted by Crippen LogP contribution is 2.27. The summed E-state index contributed by atoms with van der Waals surface area (Å²) in [5, 5.41) is 9.50. The first-order valence-electron chi connectivity index (χ1n) is 10.6. The molecule has 2 saturated heterocycles. The fourth-order valence-electron chi connectivity index (χ4n) is 4.43. The highest BCUT2D eigenvalue weighted by Gasteiger charge is 2.36. The van der Waals surface area contributed by atoms with E-state index in [0.29, 0.717) is 35.1 Å². The Kier molecular flexibility index (Phi) is 6.83. The van der Waals surface area contributed by atoms with Gasteiger partial charge in [-0.2, -0.15) is 0 Å². The number of hydrogen-bond donors (Lipinski definition) is 1. The number of carbonyl (C=O) groups excluding carboxylic acids is 2. The number of hydrogen-bond acceptors (Lipinski definition) is 6. The van der Waals surface area contributed by atoms with Crippen LogP contribution in [0.25, 0.3) is 5.69 Å². The summed E-state index contributed by atoms with van der Waals surface area (Å²) in [4.78, 5) is 28.6. The number of nitrogens with zero attached hydrogens (tertiary/aromatic N) is 5. The van der Waals surface area contributed by atoms with Crippen LogP contribution >= 0.6 is 23.4 Å². The number of likely N-dealkylation sites (tertiary alicyclic amines) is 2. The van der Waals surface area contributed by atoms with Gasteiger partial charge in [-0.3, -0.25) is 19.1 Å². The van der Waals surface area contributed by atoms with Gasteiger partial charge in [-0.15, -0.1) is 10.2 Å². The molecule has 1 aromatic carbocycles. The summed E-state index contributed by atoms with van der Waals surface area (Å²) in [5.41, 5.74) is 7.43. The molecule has 0 bridgehead atoms. The molecular formula is C21H27ClN6O2S. The standard InChI is InChI=1S/C21H27ClN6O2S/c1-14-4-5-16(11-17(14)22)28-13-24-25-21(28)31-12-19(29)26-9-6-15(7-10-26)27-8-2-3-18(27)20(23)30/h4-5,11,13,15,18H,2-3,6-10,12H2,1H3,(H2,23,30).